The molecular weight excluding hydrogens is 246 g/mol. The molecule has 1 aromatic rings. The number of carbonyl (C=O) groups is 1. The van der Waals surface area contributed by atoms with Gasteiger partial charge in [0, 0.05) is 6.42 Å². The van der Waals surface area contributed by atoms with Crippen molar-refractivity contribution in [1.82, 2.24) is 4.90 Å². The third-order valence-electron chi connectivity index (χ3n) is 5.01. The van der Waals surface area contributed by atoms with Crippen molar-refractivity contribution in [3.63, 3.8) is 0 Å². The van der Waals surface area contributed by atoms with Crippen molar-refractivity contribution in [3.8, 4) is 0 Å². The average Bonchev–Trinajstić information content (AvgIpc) is 2.56. The summed E-state index contributed by atoms with van der Waals surface area (Å²) in [5.74, 6) is 0.423. The molecule has 106 valence electrons. The fourth-order valence-electron chi connectivity index (χ4n) is 3.75. The van der Waals surface area contributed by atoms with Gasteiger partial charge in [0.2, 0.25) is 0 Å². The largest absolute Gasteiger partial charge is 0.304 e. The molecule has 0 saturated carbocycles. The third-order valence-corrected chi connectivity index (χ3v) is 5.01. The summed E-state index contributed by atoms with van der Waals surface area (Å²) in [7, 11) is 0. The molecule has 0 N–H and O–H groups in total. The lowest BCUT2D eigenvalue weighted by Crippen LogP contribution is -2.47. The van der Waals surface area contributed by atoms with E-state index in [4.69, 9.17) is 0 Å². The first kappa shape index (κ1) is 13.6. The Bertz CT molecular complexity index is 550. The Labute approximate surface area is 121 Å². The molecule has 2 aliphatic rings. The Morgan fingerprint density at radius 2 is 1.90 bits per heavy atom. The molecule has 0 atom stereocenters. The van der Waals surface area contributed by atoms with E-state index in [9.17, 15) is 4.79 Å². The highest BCUT2D eigenvalue weighted by Crippen LogP contribution is 2.42. The van der Waals surface area contributed by atoms with Crippen molar-refractivity contribution in [2.24, 2.45) is 0 Å². The number of rotatable bonds is 1. The molecule has 3 rings (SSSR count). The highest BCUT2D eigenvalue weighted by atomic mass is 16.1. The van der Waals surface area contributed by atoms with Gasteiger partial charge < -0.3 is 4.90 Å². The van der Waals surface area contributed by atoms with Crippen LogP contribution in [0.2, 0.25) is 0 Å². The molecule has 1 saturated heterocycles. The van der Waals surface area contributed by atoms with Crippen LogP contribution in [0.5, 0.6) is 0 Å². The first-order chi connectivity index (χ1) is 9.65. The van der Waals surface area contributed by atoms with Crippen LogP contribution in [-0.2, 0) is 10.2 Å². The molecule has 0 radical (unpaired) electrons. The number of allylic oxidation sites excluding steroid dienone is 1. The number of Topliss-reactive ketones (excluding diaryl/α,β-unsaturated/α-hetero) is 1. The van der Waals surface area contributed by atoms with Gasteiger partial charge >= 0.3 is 0 Å². The Morgan fingerprint density at radius 1 is 1.20 bits per heavy atom. The van der Waals surface area contributed by atoms with E-state index in [2.05, 4.69) is 49.1 Å². The van der Waals surface area contributed by atoms with Crippen molar-refractivity contribution >= 4 is 11.9 Å². The summed E-state index contributed by atoms with van der Waals surface area (Å²) in [6.45, 7) is 7.44. The summed E-state index contributed by atoms with van der Waals surface area (Å²) >= 11 is 0. The van der Waals surface area contributed by atoms with E-state index in [1.54, 1.807) is 0 Å². The first-order valence-corrected chi connectivity index (χ1v) is 7.68. The topological polar surface area (TPSA) is 20.3 Å². The molecule has 1 aromatic carbocycles. The number of ketones is 1. The van der Waals surface area contributed by atoms with Crippen LogP contribution in [0.25, 0.3) is 6.08 Å². The van der Waals surface area contributed by atoms with Gasteiger partial charge in [-0.15, -0.1) is 0 Å². The molecule has 20 heavy (non-hydrogen) atoms. The summed E-state index contributed by atoms with van der Waals surface area (Å²) in [4.78, 5) is 15.4. The van der Waals surface area contributed by atoms with Gasteiger partial charge in [-0.05, 0) is 50.5 Å². The molecule has 0 aromatic heterocycles. The summed E-state index contributed by atoms with van der Waals surface area (Å²) < 4.78 is 0. The maximum atomic E-state index is 12.9. The van der Waals surface area contributed by atoms with Gasteiger partial charge in [-0.3, -0.25) is 4.79 Å². The number of piperidine rings is 1. The number of hydrogen-bond acceptors (Lipinski definition) is 2. The minimum Gasteiger partial charge on any atom is -0.304 e. The quantitative estimate of drug-likeness (QED) is 0.778. The normalized spacial score (nSPS) is 22.3. The molecular formula is C18H23NO. The van der Waals surface area contributed by atoms with E-state index in [0.717, 1.165) is 32.5 Å². The van der Waals surface area contributed by atoms with Crippen LogP contribution in [0.4, 0.5) is 0 Å². The number of hydrogen-bond donors (Lipinski definition) is 0. The molecule has 2 nitrogen and oxygen atoms in total. The first-order valence-electron chi connectivity index (χ1n) is 7.68. The lowest BCUT2D eigenvalue weighted by Gasteiger charge is -2.41. The lowest BCUT2D eigenvalue weighted by atomic mass is 9.68. The van der Waals surface area contributed by atoms with E-state index in [1.165, 1.54) is 16.7 Å². The number of likely N-dealkylation sites (tertiary alicyclic amines) is 1. The Hall–Kier alpha value is -1.41. The van der Waals surface area contributed by atoms with Crippen LogP contribution in [0.1, 0.15) is 44.2 Å². The van der Waals surface area contributed by atoms with Crippen LogP contribution in [0, 0.1) is 0 Å². The minimum absolute atomic E-state index is 0.240. The molecule has 1 spiro atoms. The molecule has 0 bridgehead atoms. The van der Waals surface area contributed by atoms with Gasteiger partial charge in [0.05, 0.1) is 5.41 Å². The van der Waals surface area contributed by atoms with Crippen molar-refractivity contribution in [2.45, 2.75) is 38.5 Å². The highest BCUT2D eigenvalue weighted by Gasteiger charge is 2.43. The summed E-state index contributed by atoms with van der Waals surface area (Å²) in [5, 5.41) is 0. The predicted octanol–water partition coefficient (Wildman–Crippen LogP) is 3.42. The molecule has 1 aliphatic carbocycles. The zero-order chi connectivity index (χ0) is 14.2. The van der Waals surface area contributed by atoms with Crippen molar-refractivity contribution in [3.05, 3.63) is 41.0 Å². The Morgan fingerprint density at radius 3 is 2.60 bits per heavy atom. The van der Waals surface area contributed by atoms with E-state index < -0.39 is 0 Å². The molecule has 1 aliphatic heterocycles. The van der Waals surface area contributed by atoms with E-state index in [0.29, 0.717) is 12.2 Å². The standard InChI is InChI=1S/C18H23NO/c1-3-19-10-8-18(9-11-19)16-7-5-4-6-15(16)12-14(2)13-17(18)20/h4-7,12H,3,8-11,13H2,1-2H3. The lowest BCUT2D eigenvalue weighted by molar-refractivity contribution is -0.125. The van der Waals surface area contributed by atoms with E-state index in [-0.39, 0.29) is 5.41 Å². The second-order valence-electron chi connectivity index (χ2n) is 6.19. The summed E-state index contributed by atoms with van der Waals surface area (Å²) in [6.07, 6.45) is 4.75. The second-order valence-corrected chi connectivity index (χ2v) is 6.19. The fraction of sp³-hybridized carbons (Fsp3) is 0.500. The SMILES string of the molecule is CCN1CCC2(CC1)C(=O)CC(C)=Cc1ccccc12. The van der Waals surface area contributed by atoms with Gasteiger partial charge in [0.25, 0.3) is 0 Å². The molecule has 0 unspecified atom stereocenters. The van der Waals surface area contributed by atoms with Crippen molar-refractivity contribution in [2.75, 3.05) is 19.6 Å². The van der Waals surface area contributed by atoms with Crippen molar-refractivity contribution < 1.29 is 4.79 Å². The van der Waals surface area contributed by atoms with Crippen LogP contribution >= 0.6 is 0 Å². The van der Waals surface area contributed by atoms with E-state index >= 15 is 0 Å². The van der Waals surface area contributed by atoms with Gasteiger partial charge in [-0.1, -0.05) is 42.8 Å². The molecule has 0 amide bonds. The maximum Gasteiger partial charge on any atom is 0.147 e. The summed E-state index contributed by atoms with van der Waals surface area (Å²) in [5.41, 5.74) is 3.46. The van der Waals surface area contributed by atoms with Gasteiger partial charge in [0.1, 0.15) is 5.78 Å². The fourth-order valence-corrected chi connectivity index (χ4v) is 3.75. The molecule has 2 heteroatoms. The monoisotopic (exact) mass is 269 g/mol. The van der Waals surface area contributed by atoms with Gasteiger partial charge in [0.15, 0.2) is 0 Å². The molecule has 1 fully saturated rings. The highest BCUT2D eigenvalue weighted by molar-refractivity contribution is 5.95. The number of fused-ring (bicyclic) bond motifs is 2. The molecule has 1 heterocycles. The second kappa shape index (κ2) is 5.17. The number of nitrogens with zero attached hydrogens (tertiary/aromatic N) is 1. The van der Waals surface area contributed by atoms with Crippen LogP contribution in [-0.4, -0.2) is 30.3 Å². The Kier molecular flexibility index (Phi) is 3.51. The number of benzene rings is 1. The smallest absolute Gasteiger partial charge is 0.147 e. The van der Waals surface area contributed by atoms with Gasteiger partial charge in [-0.2, -0.15) is 0 Å². The van der Waals surface area contributed by atoms with E-state index in [1.807, 2.05) is 0 Å². The van der Waals surface area contributed by atoms with Crippen LogP contribution in [0.3, 0.4) is 0 Å². The maximum absolute atomic E-state index is 12.9. The zero-order valence-electron chi connectivity index (χ0n) is 12.5. The van der Waals surface area contributed by atoms with Gasteiger partial charge in [-0.25, -0.2) is 0 Å². The van der Waals surface area contributed by atoms with Crippen LogP contribution in [0.15, 0.2) is 29.8 Å². The minimum atomic E-state index is -0.240. The predicted molar refractivity (Wildman–Crippen MR) is 82.7 cm³/mol. The summed E-state index contributed by atoms with van der Waals surface area (Å²) in [6, 6.07) is 8.48. The number of carbonyl (C=O) groups excluding carboxylic acids is 1. The average molecular weight is 269 g/mol. The third kappa shape index (κ3) is 2.12. The Balaban J connectivity index is 2.05. The van der Waals surface area contributed by atoms with Crippen LogP contribution < -0.4 is 0 Å². The zero-order valence-corrected chi connectivity index (χ0v) is 12.5. The van der Waals surface area contributed by atoms with Crippen molar-refractivity contribution in [1.29, 1.82) is 0 Å².